The number of allylic oxidation sites excluding steroid dienone is 4. The summed E-state index contributed by atoms with van der Waals surface area (Å²) in [4.78, 5) is 4.53. The first-order valence-corrected chi connectivity index (χ1v) is 11.7. The lowest BCUT2D eigenvalue weighted by molar-refractivity contribution is 1.08. The van der Waals surface area contributed by atoms with Crippen LogP contribution in [0.3, 0.4) is 0 Å². The lowest BCUT2D eigenvalue weighted by Gasteiger charge is -2.27. The summed E-state index contributed by atoms with van der Waals surface area (Å²) in [5.74, 6) is 0. The molecule has 0 aliphatic heterocycles. The third kappa shape index (κ3) is 5.29. The topological polar surface area (TPSA) is 6.48 Å². The summed E-state index contributed by atoms with van der Waals surface area (Å²) in [6.07, 6.45) is 4.33. The molecule has 0 bridgehead atoms. The minimum absolute atomic E-state index is 1.12. The second-order valence-electron chi connectivity index (χ2n) is 8.48. The Balaban J connectivity index is 1.72. The van der Waals surface area contributed by atoms with Crippen LogP contribution >= 0.6 is 0 Å². The summed E-state index contributed by atoms with van der Waals surface area (Å²) in [6.45, 7) is 6.34. The van der Waals surface area contributed by atoms with Crippen molar-refractivity contribution in [3.63, 3.8) is 0 Å². The van der Waals surface area contributed by atoms with Crippen LogP contribution in [0.15, 0.2) is 133 Å². The molecular weight excluding hydrogens is 412 g/mol. The third-order valence-corrected chi connectivity index (χ3v) is 6.14. The molecule has 0 spiro atoms. The van der Waals surface area contributed by atoms with Crippen molar-refractivity contribution in [1.82, 2.24) is 0 Å². The molecular formula is C32H32N2. The second kappa shape index (κ2) is 10.7. The molecule has 0 saturated heterocycles. The number of rotatable bonds is 7. The molecule has 4 aromatic rings. The van der Waals surface area contributed by atoms with Crippen molar-refractivity contribution in [2.24, 2.45) is 0 Å². The molecule has 170 valence electrons. The summed E-state index contributed by atoms with van der Waals surface area (Å²) in [5, 5.41) is 0. The molecule has 0 radical (unpaired) electrons. The smallest absolute Gasteiger partial charge is 0.0467 e. The normalized spacial score (nSPS) is 11.9. The molecule has 2 nitrogen and oxygen atoms in total. The zero-order valence-corrected chi connectivity index (χ0v) is 20.4. The zero-order chi connectivity index (χ0) is 23.9. The van der Waals surface area contributed by atoms with E-state index < -0.39 is 0 Å². The van der Waals surface area contributed by atoms with Gasteiger partial charge in [-0.1, -0.05) is 72.3 Å². The van der Waals surface area contributed by atoms with Gasteiger partial charge in [0.1, 0.15) is 0 Å². The van der Waals surface area contributed by atoms with Gasteiger partial charge in [-0.3, -0.25) is 0 Å². The fourth-order valence-electron chi connectivity index (χ4n) is 4.02. The van der Waals surface area contributed by atoms with Gasteiger partial charge in [0.25, 0.3) is 0 Å². The molecule has 4 aromatic carbocycles. The predicted octanol–water partition coefficient (Wildman–Crippen LogP) is 9.13. The van der Waals surface area contributed by atoms with Crippen molar-refractivity contribution in [1.29, 1.82) is 0 Å². The highest BCUT2D eigenvalue weighted by molar-refractivity contribution is 5.80. The van der Waals surface area contributed by atoms with Gasteiger partial charge in [-0.2, -0.15) is 0 Å². The minimum atomic E-state index is 1.12. The van der Waals surface area contributed by atoms with Gasteiger partial charge in [0.05, 0.1) is 0 Å². The molecule has 0 atom stereocenters. The van der Waals surface area contributed by atoms with E-state index in [1.165, 1.54) is 22.4 Å². The molecule has 0 aliphatic rings. The second-order valence-corrected chi connectivity index (χ2v) is 8.48. The predicted molar refractivity (Wildman–Crippen MR) is 148 cm³/mol. The molecule has 0 N–H and O–H groups in total. The standard InChI is InChI=1S/C32H32N2/c1-5-25(2)23-26(3)33(4)29-19-21-31(22-20-29)34(30-16-10-7-11-17-30)32-18-12-15-28(24-32)27-13-8-6-9-14-27/h5-24H,1-4H3/b25-5-,26-23+. The third-order valence-electron chi connectivity index (χ3n) is 6.14. The van der Waals surface area contributed by atoms with Crippen molar-refractivity contribution >= 4 is 22.7 Å². The van der Waals surface area contributed by atoms with Crippen molar-refractivity contribution in [3.8, 4) is 11.1 Å². The molecule has 0 saturated carbocycles. The zero-order valence-electron chi connectivity index (χ0n) is 20.4. The van der Waals surface area contributed by atoms with E-state index in [4.69, 9.17) is 0 Å². The van der Waals surface area contributed by atoms with Gasteiger partial charge in [-0.15, -0.1) is 0 Å². The molecule has 34 heavy (non-hydrogen) atoms. The van der Waals surface area contributed by atoms with E-state index in [2.05, 4.69) is 159 Å². The first-order valence-electron chi connectivity index (χ1n) is 11.7. The Bertz CT molecular complexity index is 1270. The summed E-state index contributed by atoms with van der Waals surface area (Å²) in [6, 6.07) is 38.6. The first kappa shape index (κ1) is 23.1. The van der Waals surface area contributed by atoms with Crippen LogP contribution < -0.4 is 9.80 Å². The maximum absolute atomic E-state index is 2.31. The average Bonchev–Trinajstić information content (AvgIpc) is 2.90. The largest absolute Gasteiger partial charge is 0.348 e. The number of anilines is 4. The van der Waals surface area contributed by atoms with Gasteiger partial charge in [0.15, 0.2) is 0 Å². The highest BCUT2D eigenvalue weighted by Crippen LogP contribution is 2.37. The minimum Gasteiger partial charge on any atom is -0.348 e. The molecule has 0 aromatic heterocycles. The van der Waals surface area contributed by atoms with Crippen molar-refractivity contribution in [2.75, 3.05) is 16.8 Å². The van der Waals surface area contributed by atoms with Crippen molar-refractivity contribution < 1.29 is 0 Å². The summed E-state index contributed by atoms with van der Waals surface area (Å²) < 4.78 is 0. The maximum Gasteiger partial charge on any atom is 0.0467 e. The first-order chi connectivity index (χ1) is 16.6. The van der Waals surface area contributed by atoms with Crippen LogP contribution in [0.1, 0.15) is 20.8 Å². The summed E-state index contributed by atoms with van der Waals surface area (Å²) in [5.41, 5.74) is 9.44. The van der Waals surface area contributed by atoms with Crippen LogP contribution in [0, 0.1) is 0 Å². The molecule has 0 aliphatic carbocycles. The van der Waals surface area contributed by atoms with Gasteiger partial charge in [-0.05, 0) is 86.5 Å². The fourth-order valence-corrected chi connectivity index (χ4v) is 4.02. The Morgan fingerprint density at radius 2 is 1.12 bits per heavy atom. The number of hydrogen-bond donors (Lipinski definition) is 0. The number of nitrogens with zero attached hydrogens (tertiary/aromatic N) is 2. The lowest BCUT2D eigenvalue weighted by Crippen LogP contribution is -2.15. The van der Waals surface area contributed by atoms with Crippen molar-refractivity contribution in [3.05, 3.63) is 133 Å². The quantitative estimate of drug-likeness (QED) is 0.262. The summed E-state index contributed by atoms with van der Waals surface area (Å²) in [7, 11) is 2.11. The van der Waals surface area contributed by atoms with Gasteiger partial charge < -0.3 is 9.80 Å². The molecule has 0 fully saturated rings. The molecule has 0 heterocycles. The van der Waals surface area contributed by atoms with Gasteiger partial charge >= 0.3 is 0 Å². The number of hydrogen-bond acceptors (Lipinski definition) is 2. The molecule has 0 unspecified atom stereocenters. The number of para-hydroxylation sites is 1. The molecule has 2 heteroatoms. The maximum atomic E-state index is 2.31. The van der Waals surface area contributed by atoms with Crippen LogP contribution in [-0.4, -0.2) is 7.05 Å². The van der Waals surface area contributed by atoms with Crippen LogP contribution in [0.2, 0.25) is 0 Å². The number of benzene rings is 4. The Morgan fingerprint density at radius 3 is 1.76 bits per heavy atom. The summed E-state index contributed by atoms with van der Waals surface area (Å²) >= 11 is 0. The van der Waals surface area contributed by atoms with Gasteiger partial charge in [0.2, 0.25) is 0 Å². The van der Waals surface area contributed by atoms with Crippen LogP contribution in [0.4, 0.5) is 22.7 Å². The van der Waals surface area contributed by atoms with Crippen molar-refractivity contribution in [2.45, 2.75) is 20.8 Å². The molecule has 4 rings (SSSR count). The monoisotopic (exact) mass is 444 g/mol. The highest BCUT2D eigenvalue weighted by atomic mass is 15.1. The lowest BCUT2D eigenvalue weighted by atomic mass is 10.0. The SMILES string of the molecule is C/C=C(C)\C=C(/C)N(C)c1ccc(N(c2ccccc2)c2cccc(-c3ccccc3)c2)cc1. The fraction of sp³-hybridized carbons (Fsp3) is 0.125. The Hall–Kier alpha value is -4.04. The average molecular weight is 445 g/mol. The van der Waals surface area contributed by atoms with E-state index >= 15 is 0 Å². The van der Waals surface area contributed by atoms with E-state index in [1.54, 1.807) is 0 Å². The van der Waals surface area contributed by atoms with Gasteiger partial charge in [-0.25, -0.2) is 0 Å². The van der Waals surface area contributed by atoms with Crippen LogP contribution in [0.25, 0.3) is 11.1 Å². The highest BCUT2D eigenvalue weighted by Gasteiger charge is 2.14. The Kier molecular flexibility index (Phi) is 7.29. The van der Waals surface area contributed by atoms with Crippen LogP contribution in [-0.2, 0) is 0 Å². The Labute approximate surface area is 204 Å². The Morgan fingerprint density at radius 1 is 0.588 bits per heavy atom. The van der Waals surface area contributed by atoms with E-state index in [0.717, 1.165) is 22.7 Å². The van der Waals surface area contributed by atoms with Gasteiger partial charge in [0, 0.05) is 35.5 Å². The van der Waals surface area contributed by atoms with E-state index in [-0.39, 0.29) is 0 Å². The van der Waals surface area contributed by atoms with E-state index in [9.17, 15) is 0 Å². The van der Waals surface area contributed by atoms with Crippen LogP contribution in [0.5, 0.6) is 0 Å². The molecule has 0 amide bonds. The van der Waals surface area contributed by atoms with E-state index in [0.29, 0.717) is 0 Å². The van der Waals surface area contributed by atoms with E-state index in [1.807, 2.05) is 0 Å².